The second-order valence-corrected chi connectivity index (χ2v) is 7.33. The van der Waals surface area contributed by atoms with Crippen LogP contribution in [0.5, 0.6) is 0 Å². The summed E-state index contributed by atoms with van der Waals surface area (Å²) in [5.74, 6) is -0.577. The van der Waals surface area contributed by atoms with Gasteiger partial charge in [0.05, 0.1) is 6.54 Å². The predicted octanol–water partition coefficient (Wildman–Crippen LogP) is 2.46. The Hall–Kier alpha value is -2.31. The zero-order valence-electron chi connectivity index (χ0n) is 14.8. The van der Waals surface area contributed by atoms with Gasteiger partial charge in [-0.15, -0.1) is 0 Å². The molecule has 0 atom stereocenters. The van der Waals surface area contributed by atoms with E-state index in [0.29, 0.717) is 5.76 Å². The third-order valence-corrected chi connectivity index (χ3v) is 5.48. The third-order valence-electron chi connectivity index (χ3n) is 5.48. The number of hydrogen-bond donors (Lipinski definition) is 3. The van der Waals surface area contributed by atoms with Crippen molar-refractivity contribution in [2.45, 2.75) is 64.0 Å². The van der Waals surface area contributed by atoms with E-state index in [2.05, 4.69) is 10.6 Å². The van der Waals surface area contributed by atoms with Gasteiger partial charge in [-0.2, -0.15) is 0 Å². The van der Waals surface area contributed by atoms with E-state index in [9.17, 15) is 14.4 Å². The molecular weight excluding hydrogens is 336 g/mol. The van der Waals surface area contributed by atoms with Gasteiger partial charge in [0.25, 0.3) is 0 Å². The average Bonchev–Trinajstić information content (AvgIpc) is 3.32. The Bertz CT molecular complexity index is 655. The summed E-state index contributed by atoms with van der Waals surface area (Å²) in [6, 6.07) is 3.11. The molecule has 7 nitrogen and oxygen atoms in total. The fraction of sp³-hybridized carbons (Fsp3) is 0.632. The summed E-state index contributed by atoms with van der Waals surface area (Å²) in [5.41, 5.74) is 0. The maximum atomic E-state index is 12.3. The number of carbonyl (C=O) groups excluding carboxylic acids is 2. The number of carboxylic acids is 1. The first-order chi connectivity index (χ1) is 12.5. The highest BCUT2D eigenvalue weighted by atomic mass is 16.4. The Morgan fingerprint density at radius 1 is 0.962 bits per heavy atom. The maximum Gasteiger partial charge on any atom is 0.371 e. The summed E-state index contributed by atoms with van der Waals surface area (Å²) in [6.07, 6.45) is 7.43. The molecule has 2 aliphatic carbocycles. The van der Waals surface area contributed by atoms with E-state index in [1.54, 1.807) is 6.07 Å². The molecule has 1 heterocycles. The highest BCUT2D eigenvalue weighted by Gasteiger charge is 2.29. The summed E-state index contributed by atoms with van der Waals surface area (Å²) in [6.45, 7) is 0.185. The minimum absolute atomic E-state index is 0.0427. The average molecular weight is 362 g/mol. The van der Waals surface area contributed by atoms with Gasteiger partial charge in [-0.05, 0) is 50.7 Å². The highest BCUT2D eigenvalue weighted by Crippen LogP contribution is 2.28. The molecule has 142 valence electrons. The van der Waals surface area contributed by atoms with Crippen LogP contribution in [0.15, 0.2) is 16.5 Å². The van der Waals surface area contributed by atoms with Crippen LogP contribution in [0.25, 0.3) is 0 Å². The van der Waals surface area contributed by atoms with Crippen LogP contribution >= 0.6 is 0 Å². The van der Waals surface area contributed by atoms with Crippen molar-refractivity contribution in [3.63, 3.8) is 0 Å². The maximum absolute atomic E-state index is 12.3. The summed E-state index contributed by atoms with van der Waals surface area (Å²) in [5, 5.41) is 14.8. The summed E-state index contributed by atoms with van der Waals surface area (Å²) >= 11 is 0. The first kappa shape index (κ1) is 18.5. The monoisotopic (exact) mass is 362 g/mol. The molecule has 2 fully saturated rings. The predicted molar refractivity (Wildman–Crippen MR) is 93.4 cm³/mol. The summed E-state index contributed by atoms with van der Waals surface area (Å²) < 4.78 is 5.13. The van der Waals surface area contributed by atoms with E-state index in [-0.39, 0.29) is 42.0 Å². The molecule has 0 unspecified atom stereocenters. The number of hydrogen-bond acceptors (Lipinski definition) is 4. The molecule has 3 rings (SSSR count). The topological polar surface area (TPSA) is 109 Å². The Morgan fingerprint density at radius 2 is 1.62 bits per heavy atom. The van der Waals surface area contributed by atoms with Crippen molar-refractivity contribution >= 4 is 17.8 Å². The number of aromatic carboxylic acids is 1. The highest BCUT2D eigenvalue weighted by molar-refractivity contribution is 5.84. The van der Waals surface area contributed by atoms with Gasteiger partial charge in [0.1, 0.15) is 5.76 Å². The largest absolute Gasteiger partial charge is 0.475 e. The lowest BCUT2D eigenvalue weighted by Crippen LogP contribution is -2.42. The minimum Gasteiger partial charge on any atom is -0.475 e. The van der Waals surface area contributed by atoms with Crippen molar-refractivity contribution in [2.24, 2.45) is 11.8 Å². The second kappa shape index (κ2) is 8.38. The van der Waals surface area contributed by atoms with Crippen LogP contribution in [0, 0.1) is 11.8 Å². The molecule has 0 bridgehead atoms. The first-order valence-corrected chi connectivity index (χ1v) is 9.43. The van der Waals surface area contributed by atoms with Crippen molar-refractivity contribution in [1.82, 2.24) is 10.6 Å². The molecular formula is C19H26N2O5. The lowest BCUT2D eigenvalue weighted by Gasteiger charge is -2.29. The molecule has 1 aromatic rings. The van der Waals surface area contributed by atoms with Crippen LogP contribution in [0.3, 0.4) is 0 Å². The smallest absolute Gasteiger partial charge is 0.371 e. The minimum atomic E-state index is -1.12. The van der Waals surface area contributed by atoms with E-state index in [0.717, 1.165) is 51.4 Å². The van der Waals surface area contributed by atoms with E-state index < -0.39 is 5.97 Å². The molecule has 1 aromatic heterocycles. The van der Waals surface area contributed by atoms with Crippen LogP contribution in [0.4, 0.5) is 0 Å². The Labute approximate surface area is 152 Å². The Kier molecular flexibility index (Phi) is 5.96. The molecule has 0 radical (unpaired) electrons. The summed E-state index contributed by atoms with van der Waals surface area (Å²) in [4.78, 5) is 35.3. The molecule has 0 saturated heterocycles. The second-order valence-electron chi connectivity index (χ2n) is 7.33. The quantitative estimate of drug-likeness (QED) is 0.720. The lowest BCUT2D eigenvalue weighted by molar-refractivity contribution is -0.127. The first-order valence-electron chi connectivity index (χ1n) is 9.43. The van der Waals surface area contributed by atoms with Crippen molar-refractivity contribution in [2.75, 3.05) is 0 Å². The van der Waals surface area contributed by atoms with E-state index >= 15 is 0 Å². The number of nitrogens with one attached hydrogen (secondary N) is 2. The molecule has 26 heavy (non-hydrogen) atoms. The standard InChI is InChI=1S/C19H26N2O5/c22-17(20-11-15-9-10-16(26-15)19(24)25)13-5-7-14(8-6-13)21-18(23)12-3-1-2-4-12/h9-10,12-14H,1-8,11H2,(H,20,22)(H,21,23)(H,24,25). The van der Waals surface area contributed by atoms with Crippen molar-refractivity contribution < 1.29 is 23.9 Å². The molecule has 0 spiro atoms. The molecule has 3 N–H and O–H groups in total. The Balaban J connectivity index is 1.38. The van der Waals surface area contributed by atoms with Crippen molar-refractivity contribution in [1.29, 1.82) is 0 Å². The van der Waals surface area contributed by atoms with Gasteiger partial charge in [-0.1, -0.05) is 12.8 Å². The summed E-state index contributed by atoms with van der Waals surface area (Å²) in [7, 11) is 0. The molecule has 0 aliphatic heterocycles. The number of furan rings is 1. The molecule has 2 amide bonds. The van der Waals surface area contributed by atoms with Gasteiger partial charge in [0, 0.05) is 17.9 Å². The molecule has 2 saturated carbocycles. The molecule has 0 aromatic carbocycles. The van der Waals surface area contributed by atoms with Gasteiger partial charge in [0.15, 0.2) is 0 Å². The van der Waals surface area contributed by atoms with Gasteiger partial charge in [-0.3, -0.25) is 9.59 Å². The van der Waals surface area contributed by atoms with Crippen molar-refractivity contribution in [3.05, 3.63) is 23.7 Å². The van der Waals surface area contributed by atoms with Crippen LogP contribution in [0.2, 0.25) is 0 Å². The lowest BCUT2D eigenvalue weighted by atomic mass is 9.85. The zero-order valence-corrected chi connectivity index (χ0v) is 14.8. The van der Waals surface area contributed by atoms with Crippen LogP contribution < -0.4 is 10.6 Å². The third kappa shape index (κ3) is 4.65. The number of carboxylic acid groups (broad SMARTS) is 1. The van der Waals surface area contributed by atoms with Gasteiger partial charge < -0.3 is 20.2 Å². The SMILES string of the molecule is O=C(O)c1ccc(CNC(=O)C2CCC(NC(=O)C3CCCC3)CC2)o1. The fourth-order valence-corrected chi connectivity index (χ4v) is 3.91. The van der Waals surface area contributed by atoms with E-state index in [4.69, 9.17) is 9.52 Å². The van der Waals surface area contributed by atoms with Gasteiger partial charge in [0.2, 0.25) is 17.6 Å². The normalized spacial score (nSPS) is 23.5. The van der Waals surface area contributed by atoms with Gasteiger partial charge in [-0.25, -0.2) is 4.79 Å². The van der Waals surface area contributed by atoms with E-state index in [1.807, 2.05) is 0 Å². The fourth-order valence-electron chi connectivity index (χ4n) is 3.91. The molecule has 2 aliphatic rings. The number of amides is 2. The number of rotatable bonds is 6. The van der Waals surface area contributed by atoms with Crippen LogP contribution in [0.1, 0.15) is 67.7 Å². The van der Waals surface area contributed by atoms with Crippen LogP contribution in [-0.4, -0.2) is 28.9 Å². The van der Waals surface area contributed by atoms with E-state index in [1.165, 1.54) is 6.07 Å². The van der Waals surface area contributed by atoms with Crippen molar-refractivity contribution in [3.8, 4) is 0 Å². The zero-order chi connectivity index (χ0) is 18.5. The van der Waals surface area contributed by atoms with Gasteiger partial charge >= 0.3 is 5.97 Å². The Morgan fingerprint density at radius 3 is 2.23 bits per heavy atom. The van der Waals surface area contributed by atoms with Crippen LogP contribution in [-0.2, 0) is 16.1 Å². The number of carbonyl (C=O) groups is 3. The molecule has 7 heteroatoms.